The van der Waals surface area contributed by atoms with Crippen LogP contribution in [0.25, 0.3) is 11.1 Å². The number of H-pyrrole nitrogens is 1. The summed E-state index contributed by atoms with van der Waals surface area (Å²) in [6.45, 7) is 1.07. The molecule has 0 aliphatic carbocycles. The van der Waals surface area contributed by atoms with Crippen molar-refractivity contribution in [1.29, 1.82) is 0 Å². The fourth-order valence-corrected chi connectivity index (χ4v) is 2.37. The van der Waals surface area contributed by atoms with Crippen molar-refractivity contribution in [3.8, 4) is 11.1 Å². The molecule has 4 heteroatoms. The van der Waals surface area contributed by atoms with E-state index in [1.165, 1.54) is 16.8 Å². The minimum atomic E-state index is 0.633. The number of nitrogens with two attached hydrogens (primary N) is 1. The molecule has 82 valence electrons. The van der Waals surface area contributed by atoms with Crippen LogP contribution in [0.4, 0.5) is 11.5 Å². The maximum absolute atomic E-state index is 5.88. The molecule has 0 amide bonds. The third-order valence-electron chi connectivity index (χ3n) is 3.18. The van der Waals surface area contributed by atoms with E-state index in [1.807, 2.05) is 0 Å². The number of likely N-dealkylation sites (N-methyl/N-ethyl adjacent to an activating group) is 1. The Morgan fingerprint density at radius 1 is 1.38 bits per heavy atom. The lowest BCUT2D eigenvalue weighted by Gasteiger charge is -2.16. The zero-order valence-corrected chi connectivity index (χ0v) is 9.20. The van der Waals surface area contributed by atoms with Crippen LogP contribution in [-0.4, -0.2) is 23.8 Å². The predicted molar refractivity (Wildman–Crippen MR) is 65.4 cm³/mol. The van der Waals surface area contributed by atoms with E-state index in [0.717, 1.165) is 18.5 Å². The largest absolute Gasteiger partial charge is 0.384 e. The first-order valence-corrected chi connectivity index (χ1v) is 5.39. The number of aromatic nitrogens is 2. The Labute approximate surface area is 94.1 Å². The monoisotopic (exact) mass is 214 g/mol. The van der Waals surface area contributed by atoms with E-state index in [4.69, 9.17) is 5.73 Å². The molecule has 0 radical (unpaired) electrons. The zero-order valence-electron chi connectivity index (χ0n) is 9.20. The van der Waals surface area contributed by atoms with Crippen LogP contribution in [0.15, 0.2) is 24.4 Å². The van der Waals surface area contributed by atoms with Crippen LogP contribution in [0, 0.1) is 0 Å². The summed E-state index contributed by atoms with van der Waals surface area (Å²) < 4.78 is 0. The van der Waals surface area contributed by atoms with Crippen LogP contribution >= 0.6 is 0 Å². The highest BCUT2D eigenvalue weighted by atomic mass is 15.2. The summed E-state index contributed by atoms with van der Waals surface area (Å²) in [4.78, 5) is 2.27. The van der Waals surface area contributed by atoms with Crippen LogP contribution in [0.1, 0.15) is 5.56 Å². The number of hydrogen-bond donors (Lipinski definition) is 2. The first kappa shape index (κ1) is 9.27. The number of nitrogen functional groups attached to an aromatic ring is 1. The summed E-state index contributed by atoms with van der Waals surface area (Å²) >= 11 is 0. The molecule has 0 unspecified atom stereocenters. The van der Waals surface area contributed by atoms with Crippen molar-refractivity contribution in [2.24, 2.45) is 0 Å². The lowest BCUT2D eigenvalue weighted by atomic mass is 10.0. The van der Waals surface area contributed by atoms with E-state index in [9.17, 15) is 0 Å². The molecular weight excluding hydrogens is 200 g/mol. The number of nitrogens with one attached hydrogen (secondary N) is 1. The van der Waals surface area contributed by atoms with Crippen LogP contribution in [0.2, 0.25) is 0 Å². The van der Waals surface area contributed by atoms with Crippen LogP contribution in [0.5, 0.6) is 0 Å². The number of para-hydroxylation sites is 1. The average molecular weight is 214 g/mol. The molecule has 2 heterocycles. The first-order chi connectivity index (χ1) is 7.77. The quantitative estimate of drug-likeness (QED) is 0.759. The second kappa shape index (κ2) is 3.27. The molecule has 16 heavy (non-hydrogen) atoms. The fraction of sp³-hybridized carbons (Fsp3) is 0.250. The van der Waals surface area contributed by atoms with E-state index >= 15 is 0 Å². The van der Waals surface area contributed by atoms with Crippen molar-refractivity contribution in [1.82, 2.24) is 10.2 Å². The second-order valence-corrected chi connectivity index (χ2v) is 4.18. The molecule has 1 aromatic heterocycles. The highest BCUT2D eigenvalue weighted by molar-refractivity contribution is 5.86. The van der Waals surface area contributed by atoms with Gasteiger partial charge in [0, 0.05) is 30.4 Å². The van der Waals surface area contributed by atoms with Gasteiger partial charge in [0.2, 0.25) is 0 Å². The zero-order chi connectivity index (χ0) is 11.1. The predicted octanol–water partition coefficient (Wildman–Crippen LogP) is 1.65. The molecule has 1 aromatic carbocycles. The van der Waals surface area contributed by atoms with Gasteiger partial charge in [-0.2, -0.15) is 5.10 Å². The Hall–Kier alpha value is -1.97. The van der Waals surface area contributed by atoms with Gasteiger partial charge in [-0.3, -0.25) is 5.10 Å². The summed E-state index contributed by atoms with van der Waals surface area (Å²) in [7, 11) is 2.12. The third-order valence-corrected chi connectivity index (χ3v) is 3.18. The van der Waals surface area contributed by atoms with Crippen LogP contribution in [0.3, 0.4) is 0 Å². The van der Waals surface area contributed by atoms with Gasteiger partial charge in [-0.25, -0.2) is 0 Å². The van der Waals surface area contributed by atoms with Crippen molar-refractivity contribution >= 4 is 11.5 Å². The molecular formula is C12H14N4. The molecule has 0 atom stereocenters. The summed E-state index contributed by atoms with van der Waals surface area (Å²) in [5, 5.41) is 6.76. The number of aromatic amines is 1. The maximum atomic E-state index is 5.88. The number of nitrogens with zero attached hydrogens (tertiary/aromatic N) is 2. The minimum Gasteiger partial charge on any atom is -0.384 e. The summed E-state index contributed by atoms with van der Waals surface area (Å²) in [5.41, 5.74) is 10.7. The Morgan fingerprint density at radius 2 is 2.25 bits per heavy atom. The maximum Gasteiger partial charge on any atom is 0.126 e. The Morgan fingerprint density at radius 3 is 3.00 bits per heavy atom. The number of fused-ring (bicyclic) bond motifs is 1. The number of benzene rings is 1. The van der Waals surface area contributed by atoms with E-state index in [0.29, 0.717) is 5.82 Å². The number of hydrogen-bond acceptors (Lipinski definition) is 3. The van der Waals surface area contributed by atoms with E-state index in [1.54, 1.807) is 6.20 Å². The third kappa shape index (κ3) is 1.19. The molecule has 1 aliphatic heterocycles. The van der Waals surface area contributed by atoms with Crippen LogP contribution in [-0.2, 0) is 6.42 Å². The molecule has 3 rings (SSSR count). The smallest absolute Gasteiger partial charge is 0.126 e. The van der Waals surface area contributed by atoms with Crippen molar-refractivity contribution in [3.05, 3.63) is 30.0 Å². The number of anilines is 2. The molecule has 4 nitrogen and oxygen atoms in total. The van der Waals surface area contributed by atoms with Gasteiger partial charge in [0.1, 0.15) is 5.82 Å². The van der Waals surface area contributed by atoms with E-state index in [2.05, 4.69) is 40.3 Å². The van der Waals surface area contributed by atoms with Crippen molar-refractivity contribution in [3.63, 3.8) is 0 Å². The van der Waals surface area contributed by atoms with Crippen molar-refractivity contribution in [2.75, 3.05) is 24.2 Å². The molecule has 0 fully saturated rings. The highest BCUT2D eigenvalue weighted by Crippen LogP contribution is 2.38. The SMILES string of the molecule is CN1CCc2cccc(-c3cn[nH]c3N)c21. The van der Waals surface area contributed by atoms with Gasteiger partial charge < -0.3 is 10.6 Å². The summed E-state index contributed by atoms with van der Waals surface area (Å²) in [6, 6.07) is 6.36. The summed E-state index contributed by atoms with van der Waals surface area (Å²) in [5.74, 6) is 0.633. The molecule has 0 bridgehead atoms. The van der Waals surface area contributed by atoms with Gasteiger partial charge in [0.25, 0.3) is 0 Å². The van der Waals surface area contributed by atoms with Gasteiger partial charge in [0.15, 0.2) is 0 Å². The lowest BCUT2D eigenvalue weighted by molar-refractivity contribution is 0.956. The van der Waals surface area contributed by atoms with E-state index < -0.39 is 0 Å². The van der Waals surface area contributed by atoms with E-state index in [-0.39, 0.29) is 0 Å². The molecule has 2 aromatic rings. The highest BCUT2D eigenvalue weighted by Gasteiger charge is 2.21. The molecule has 1 aliphatic rings. The Bertz CT molecular complexity index is 530. The molecule has 0 saturated carbocycles. The number of rotatable bonds is 1. The van der Waals surface area contributed by atoms with Gasteiger partial charge in [-0.15, -0.1) is 0 Å². The fourth-order valence-electron chi connectivity index (χ4n) is 2.37. The van der Waals surface area contributed by atoms with Gasteiger partial charge in [-0.05, 0) is 12.0 Å². The first-order valence-electron chi connectivity index (χ1n) is 5.39. The Kier molecular flexibility index (Phi) is 1.89. The molecule has 0 saturated heterocycles. The van der Waals surface area contributed by atoms with Crippen molar-refractivity contribution < 1.29 is 0 Å². The Balaban J connectivity index is 2.23. The van der Waals surface area contributed by atoms with Crippen LogP contribution < -0.4 is 10.6 Å². The normalized spacial score (nSPS) is 14.2. The van der Waals surface area contributed by atoms with Gasteiger partial charge in [0.05, 0.1) is 6.20 Å². The van der Waals surface area contributed by atoms with Gasteiger partial charge in [-0.1, -0.05) is 18.2 Å². The van der Waals surface area contributed by atoms with Gasteiger partial charge >= 0.3 is 0 Å². The average Bonchev–Trinajstić information content (AvgIpc) is 2.86. The lowest BCUT2D eigenvalue weighted by Crippen LogP contribution is -2.13. The minimum absolute atomic E-state index is 0.633. The standard InChI is InChI=1S/C12H14N4/c1-16-6-5-8-3-2-4-9(11(8)16)10-7-14-15-12(10)13/h2-4,7H,5-6H2,1H3,(H3,13,14,15). The summed E-state index contributed by atoms with van der Waals surface area (Å²) in [6.07, 6.45) is 2.90. The molecule has 0 spiro atoms. The topological polar surface area (TPSA) is 57.9 Å². The second-order valence-electron chi connectivity index (χ2n) is 4.18. The van der Waals surface area contributed by atoms with Crippen molar-refractivity contribution in [2.45, 2.75) is 6.42 Å². The molecule has 3 N–H and O–H groups in total.